The van der Waals surface area contributed by atoms with Gasteiger partial charge < -0.3 is 10.6 Å². The molecule has 0 radical (unpaired) electrons. The number of benzene rings is 2. The van der Waals surface area contributed by atoms with E-state index in [0.717, 1.165) is 6.26 Å². The highest BCUT2D eigenvalue weighted by atomic mass is 32.2. The molecule has 0 bridgehead atoms. The number of hydrogen-bond donors (Lipinski definition) is 3. The molecule has 0 heterocycles. The molecule has 2 aromatic rings. The molecule has 2 aromatic carbocycles. The number of rotatable bonds is 10. The summed E-state index contributed by atoms with van der Waals surface area (Å²) in [4.78, 5) is 24.3. The van der Waals surface area contributed by atoms with E-state index in [1.54, 1.807) is 26.0 Å². The molecule has 0 saturated heterocycles. The van der Waals surface area contributed by atoms with Crippen molar-refractivity contribution in [1.82, 2.24) is 9.62 Å². The molecule has 0 unspecified atom stereocenters. The predicted octanol–water partition coefficient (Wildman–Crippen LogP) is 1.98. The first kappa shape index (κ1) is 26.3. The van der Waals surface area contributed by atoms with Crippen molar-refractivity contribution in [3.05, 3.63) is 53.6 Å². The van der Waals surface area contributed by atoms with Gasteiger partial charge in [0.2, 0.25) is 26.0 Å². The Bertz CT molecular complexity index is 1220. The standard InChI is InChI=1S/C21H28N4O6S2/c1-5-25(6-2)33(30,31)18-10-7-16(8-11-18)14-22-21(27)19-13-17(23-15(3)26)9-12-20(19)24-32(4,28)29/h7-13,24H,5-6,14H2,1-4H3,(H,22,27)(H,23,26). The van der Waals surface area contributed by atoms with Gasteiger partial charge in [0, 0.05) is 32.2 Å². The molecule has 2 amide bonds. The maximum Gasteiger partial charge on any atom is 0.253 e. The molecule has 12 heteroatoms. The van der Waals surface area contributed by atoms with Gasteiger partial charge in [0.25, 0.3) is 5.91 Å². The van der Waals surface area contributed by atoms with Crippen molar-refractivity contribution >= 4 is 43.2 Å². The highest BCUT2D eigenvalue weighted by Crippen LogP contribution is 2.22. The van der Waals surface area contributed by atoms with Crippen LogP contribution < -0.4 is 15.4 Å². The number of hydrogen-bond acceptors (Lipinski definition) is 6. The molecule has 0 fully saturated rings. The van der Waals surface area contributed by atoms with Crippen LogP contribution in [0.4, 0.5) is 11.4 Å². The Hall–Kier alpha value is -2.96. The molecular formula is C21H28N4O6S2. The number of carbonyl (C=O) groups is 2. The van der Waals surface area contributed by atoms with Gasteiger partial charge in [0.1, 0.15) is 0 Å². The molecule has 0 aliphatic rings. The summed E-state index contributed by atoms with van der Waals surface area (Å²) in [6.45, 7) is 5.63. The average Bonchev–Trinajstić information content (AvgIpc) is 2.72. The van der Waals surface area contributed by atoms with E-state index >= 15 is 0 Å². The second-order valence-corrected chi connectivity index (χ2v) is 10.9. The number of anilines is 2. The van der Waals surface area contributed by atoms with E-state index in [2.05, 4.69) is 15.4 Å². The molecule has 0 aliphatic heterocycles. The zero-order chi connectivity index (χ0) is 24.8. The molecule has 2 rings (SSSR count). The Morgan fingerprint density at radius 1 is 0.939 bits per heavy atom. The number of nitrogens with one attached hydrogen (secondary N) is 3. The Balaban J connectivity index is 2.22. The lowest BCUT2D eigenvalue weighted by Gasteiger charge is -2.18. The summed E-state index contributed by atoms with van der Waals surface area (Å²) in [7, 11) is -7.23. The van der Waals surface area contributed by atoms with E-state index in [4.69, 9.17) is 0 Å². The van der Waals surface area contributed by atoms with Gasteiger partial charge in [-0.25, -0.2) is 16.8 Å². The summed E-state index contributed by atoms with van der Waals surface area (Å²) in [5.74, 6) is -0.918. The van der Waals surface area contributed by atoms with Crippen molar-refractivity contribution < 1.29 is 26.4 Å². The highest BCUT2D eigenvalue weighted by Gasteiger charge is 2.21. The van der Waals surface area contributed by atoms with E-state index < -0.39 is 26.0 Å². The Morgan fingerprint density at radius 2 is 1.55 bits per heavy atom. The maximum absolute atomic E-state index is 12.8. The van der Waals surface area contributed by atoms with Gasteiger partial charge >= 0.3 is 0 Å². The number of nitrogens with zero attached hydrogens (tertiary/aromatic N) is 1. The van der Waals surface area contributed by atoms with Gasteiger partial charge in [-0.1, -0.05) is 26.0 Å². The first-order valence-corrected chi connectivity index (χ1v) is 13.5. The number of sulfonamides is 2. The van der Waals surface area contributed by atoms with Crippen LogP contribution in [0.1, 0.15) is 36.7 Å². The van der Waals surface area contributed by atoms with Gasteiger partial charge in [-0.3, -0.25) is 14.3 Å². The quantitative estimate of drug-likeness (QED) is 0.459. The largest absolute Gasteiger partial charge is 0.348 e. The Morgan fingerprint density at radius 3 is 2.06 bits per heavy atom. The van der Waals surface area contributed by atoms with Gasteiger partial charge in [-0.05, 0) is 35.9 Å². The summed E-state index contributed by atoms with van der Waals surface area (Å²) in [6, 6.07) is 10.4. The van der Waals surface area contributed by atoms with E-state index in [-0.39, 0.29) is 28.6 Å². The van der Waals surface area contributed by atoms with E-state index in [0.29, 0.717) is 24.3 Å². The van der Waals surface area contributed by atoms with Crippen LogP contribution in [-0.2, 0) is 31.4 Å². The molecule has 3 N–H and O–H groups in total. The van der Waals surface area contributed by atoms with E-state index in [1.165, 1.54) is 41.6 Å². The van der Waals surface area contributed by atoms with Crippen molar-refractivity contribution in [2.45, 2.75) is 32.2 Å². The van der Waals surface area contributed by atoms with Gasteiger partial charge in [0.15, 0.2) is 0 Å². The summed E-state index contributed by atoms with van der Waals surface area (Å²) in [6.07, 6.45) is 0.963. The zero-order valence-corrected chi connectivity index (χ0v) is 20.5. The van der Waals surface area contributed by atoms with Crippen LogP contribution in [0.2, 0.25) is 0 Å². The molecule has 0 spiro atoms. The first-order valence-electron chi connectivity index (χ1n) is 10.1. The van der Waals surface area contributed by atoms with Crippen LogP contribution in [0.3, 0.4) is 0 Å². The topological polar surface area (TPSA) is 142 Å². The maximum atomic E-state index is 12.8. The normalized spacial score (nSPS) is 11.8. The fraction of sp³-hybridized carbons (Fsp3) is 0.333. The first-order chi connectivity index (χ1) is 15.4. The smallest absolute Gasteiger partial charge is 0.253 e. The molecule has 180 valence electrons. The minimum Gasteiger partial charge on any atom is -0.348 e. The third kappa shape index (κ3) is 7.27. The Kier molecular flexibility index (Phi) is 8.58. The van der Waals surface area contributed by atoms with Crippen molar-refractivity contribution in [2.75, 3.05) is 29.4 Å². The Labute approximate surface area is 194 Å². The lowest BCUT2D eigenvalue weighted by molar-refractivity contribution is -0.114. The second kappa shape index (κ2) is 10.8. The third-order valence-corrected chi connectivity index (χ3v) is 7.25. The fourth-order valence-electron chi connectivity index (χ4n) is 3.07. The van der Waals surface area contributed by atoms with Crippen LogP contribution in [0.25, 0.3) is 0 Å². The van der Waals surface area contributed by atoms with Gasteiger partial charge in [-0.15, -0.1) is 0 Å². The highest BCUT2D eigenvalue weighted by molar-refractivity contribution is 7.92. The minimum atomic E-state index is -3.64. The summed E-state index contributed by atoms with van der Waals surface area (Å²) >= 11 is 0. The van der Waals surface area contributed by atoms with E-state index in [9.17, 15) is 26.4 Å². The summed E-state index contributed by atoms with van der Waals surface area (Å²) in [5, 5.41) is 5.22. The molecule has 0 aliphatic carbocycles. The van der Waals surface area contributed by atoms with Crippen molar-refractivity contribution in [3.8, 4) is 0 Å². The zero-order valence-electron chi connectivity index (χ0n) is 18.9. The minimum absolute atomic E-state index is 0.0207. The fourth-order valence-corrected chi connectivity index (χ4v) is 5.11. The van der Waals surface area contributed by atoms with Crippen LogP contribution in [-0.4, -0.2) is 52.3 Å². The van der Waals surface area contributed by atoms with Crippen LogP contribution in [0.15, 0.2) is 47.4 Å². The van der Waals surface area contributed by atoms with Crippen molar-refractivity contribution in [2.24, 2.45) is 0 Å². The number of amides is 2. The number of carbonyl (C=O) groups excluding carboxylic acids is 2. The molecule has 0 atom stereocenters. The molecule has 10 nitrogen and oxygen atoms in total. The third-order valence-electron chi connectivity index (χ3n) is 4.60. The van der Waals surface area contributed by atoms with Crippen LogP contribution in [0.5, 0.6) is 0 Å². The van der Waals surface area contributed by atoms with Gasteiger partial charge in [-0.2, -0.15) is 4.31 Å². The van der Waals surface area contributed by atoms with Gasteiger partial charge in [0.05, 0.1) is 22.4 Å². The summed E-state index contributed by atoms with van der Waals surface area (Å²) in [5.41, 5.74) is 1.06. The van der Waals surface area contributed by atoms with Crippen molar-refractivity contribution in [1.29, 1.82) is 0 Å². The lowest BCUT2D eigenvalue weighted by atomic mass is 10.1. The average molecular weight is 497 g/mol. The predicted molar refractivity (Wildman–Crippen MR) is 127 cm³/mol. The SMILES string of the molecule is CCN(CC)S(=O)(=O)c1ccc(CNC(=O)c2cc(NC(C)=O)ccc2NS(C)(=O)=O)cc1. The second-order valence-electron chi connectivity index (χ2n) is 7.23. The molecule has 0 saturated carbocycles. The molecule has 33 heavy (non-hydrogen) atoms. The van der Waals surface area contributed by atoms with Crippen LogP contribution >= 0.6 is 0 Å². The molecule has 0 aromatic heterocycles. The molecular weight excluding hydrogens is 468 g/mol. The van der Waals surface area contributed by atoms with E-state index in [1.807, 2.05) is 0 Å². The van der Waals surface area contributed by atoms with Crippen LogP contribution in [0, 0.1) is 0 Å². The summed E-state index contributed by atoms with van der Waals surface area (Å²) < 4.78 is 52.1. The lowest BCUT2D eigenvalue weighted by Crippen LogP contribution is -2.30. The monoisotopic (exact) mass is 496 g/mol. The van der Waals surface area contributed by atoms with Crippen molar-refractivity contribution in [3.63, 3.8) is 0 Å².